The van der Waals surface area contributed by atoms with Gasteiger partial charge in [-0.15, -0.1) is 0 Å². The van der Waals surface area contributed by atoms with Crippen LogP contribution < -0.4 is 5.32 Å². The topological polar surface area (TPSA) is 86.8 Å². The fourth-order valence-electron chi connectivity index (χ4n) is 5.27. The van der Waals surface area contributed by atoms with E-state index < -0.39 is 6.04 Å². The normalized spacial score (nSPS) is 19.9. The van der Waals surface area contributed by atoms with Gasteiger partial charge in [0.15, 0.2) is 0 Å². The van der Waals surface area contributed by atoms with Crippen molar-refractivity contribution in [1.82, 2.24) is 15.1 Å². The van der Waals surface area contributed by atoms with Gasteiger partial charge in [0.2, 0.25) is 23.6 Å². The maximum absolute atomic E-state index is 13.9. The number of hydrogen-bond donors (Lipinski definition) is 1. The van der Waals surface area contributed by atoms with Gasteiger partial charge in [0, 0.05) is 36.4 Å². The van der Waals surface area contributed by atoms with Crippen molar-refractivity contribution in [3.05, 3.63) is 82.3 Å². The molecule has 1 aliphatic carbocycles. The van der Waals surface area contributed by atoms with Gasteiger partial charge in [-0.25, -0.2) is 0 Å². The largest absolute Gasteiger partial charge is 0.352 e. The molecule has 8 heteroatoms. The van der Waals surface area contributed by atoms with Crippen molar-refractivity contribution in [2.75, 3.05) is 6.54 Å². The average molecular weight is 595 g/mol. The summed E-state index contributed by atoms with van der Waals surface area (Å²) >= 11 is 3.50. The zero-order valence-corrected chi connectivity index (χ0v) is 24.1. The van der Waals surface area contributed by atoms with Gasteiger partial charge >= 0.3 is 0 Å². The van der Waals surface area contributed by atoms with Gasteiger partial charge in [-0.2, -0.15) is 0 Å². The summed E-state index contributed by atoms with van der Waals surface area (Å²) in [6, 6.07) is 16.5. The van der Waals surface area contributed by atoms with E-state index in [1.807, 2.05) is 80.6 Å². The monoisotopic (exact) mass is 593 g/mol. The zero-order chi connectivity index (χ0) is 27.9. The number of imide groups is 1. The van der Waals surface area contributed by atoms with Crippen molar-refractivity contribution in [3.63, 3.8) is 0 Å². The second-order valence-electron chi connectivity index (χ2n) is 10.4. The SMILES string of the molecule is CCC(C)NC(=O)C(Cc1ccccc1)N(Cc1cccc(Br)c1)C(=O)CCN1C(=O)[C@H]2CC=CC[C@H]2C1=O. The van der Waals surface area contributed by atoms with Crippen LogP contribution in [0, 0.1) is 11.8 Å². The van der Waals surface area contributed by atoms with Crippen LogP contribution in [0.15, 0.2) is 71.2 Å². The highest BCUT2D eigenvalue weighted by atomic mass is 79.9. The van der Waals surface area contributed by atoms with Crippen molar-refractivity contribution >= 4 is 39.6 Å². The predicted octanol–water partition coefficient (Wildman–Crippen LogP) is 4.65. The molecule has 4 amide bonds. The summed E-state index contributed by atoms with van der Waals surface area (Å²) in [6.07, 6.45) is 6.09. The molecule has 1 saturated heterocycles. The van der Waals surface area contributed by atoms with E-state index in [9.17, 15) is 19.2 Å². The Morgan fingerprint density at radius 2 is 1.64 bits per heavy atom. The molecule has 7 nitrogen and oxygen atoms in total. The highest BCUT2D eigenvalue weighted by Gasteiger charge is 2.47. The number of amides is 4. The van der Waals surface area contributed by atoms with Crippen molar-refractivity contribution < 1.29 is 19.2 Å². The molecule has 39 heavy (non-hydrogen) atoms. The third-order valence-electron chi connectivity index (χ3n) is 7.66. The second kappa shape index (κ2) is 13.2. The number of likely N-dealkylation sites (tertiary alicyclic amines) is 1. The maximum Gasteiger partial charge on any atom is 0.243 e. The third-order valence-corrected chi connectivity index (χ3v) is 8.16. The van der Waals surface area contributed by atoms with Crippen LogP contribution >= 0.6 is 15.9 Å². The van der Waals surface area contributed by atoms with Crippen LogP contribution in [-0.4, -0.2) is 52.1 Å². The van der Waals surface area contributed by atoms with Crippen LogP contribution in [0.25, 0.3) is 0 Å². The quantitative estimate of drug-likeness (QED) is 0.303. The van der Waals surface area contributed by atoms with Gasteiger partial charge in [0.1, 0.15) is 6.04 Å². The minimum Gasteiger partial charge on any atom is -0.352 e. The highest BCUT2D eigenvalue weighted by molar-refractivity contribution is 9.10. The molecule has 2 unspecified atom stereocenters. The molecule has 1 heterocycles. The Hall–Kier alpha value is -3.26. The van der Waals surface area contributed by atoms with Gasteiger partial charge in [0.25, 0.3) is 0 Å². The number of carbonyl (C=O) groups excluding carboxylic acids is 4. The van der Waals surface area contributed by atoms with Crippen LogP contribution in [-0.2, 0) is 32.1 Å². The fourth-order valence-corrected chi connectivity index (χ4v) is 5.71. The molecule has 0 radical (unpaired) electrons. The molecule has 0 spiro atoms. The van der Waals surface area contributed by atoms with Crippen molar-refractivity contribution in [1.29, 1.82) is 0 Å². The first kappa shape index (κ1) is 28.7. The van der Waals surface area contributed by atoms with E-state index in [4.69, 9.17) is 0 Å². The number of fused-ring (bicyclic) bond motifs is 1. The summed E-state index contributed by atoms with van der Waals surface area (Å²) in [5, 5.41) is 3.06. The first-order valence-corrected chi connectivity index (χ1v) is 14.5. The molecule has 1 fully saturated rings. The molecule has 0 bridgehead atoms. The molecule has 1 N–H and O–H groups in total. The first-order valence-electron chi connectivity index (χ1n) is 13.7. The van der Waals surface area contributed by atoms with Crippen LogP contribution in [0.4, 0.5) is 0 Å². The van der Waals surface area contributed by atoms with Gasteiger partial charge < -0.3 is 10.2 Å². The Labute approximate surface area is 238 Å². The molecule has 2 aromatic rings. The average Bonchev–Trinajstić information content (AvgIpc) is 3.18. The van der Waals surface area contributed by atoms with E-state index in [0.717, 1.165) is 22.0 Å². The van der Waals surface area contributed by atoms with Crippen molar-refractivity contribution in [3.8, 4) is 0 Å². The summed E-state index contributed by atoms with van der Waals surface area (Å²) in [5.74, 6) is -1.55. The summed E-state index contributed by atoms with van der Waals surface area (Å²) < 4.78 is 0.876. The maximum atomic E-state index is 13.9. The lowest BCUT2D eigenvalue weighted by molar-refractivity contribution is -0.144. The Kier molecular flexibility index (Phi) is 9.73. The molecule has 4 rings (SSSR count). The molecule has 4 atom stereocenters. The van der Waals surface area contributed by atoms with Gasteiger partial charge in [0.05, 0.1) is 11.8 Å². The summed E-state index contributed by atoms with van der Waals surface area (Å²) in [7, 11) is 0. The van der Waals surface area contributed by atoms with Crippen LogP contribution in [0.1, 0.15) is 50.7 Å². The number of benzene rings is 2. The van der Waals surface area contributed by atoms with Crippen LogP contribution in [0.2, 0.25) is 0 Å². The lowest BCUT2D eigenvalue weighted by Gasteiger charge is -2.33. The minimum atomic E-state index is -0.760. The predicted molar refractivity (Wildman–Crippen MR) is 153 cm³/mol. The van der Waals surface area contributed by atoms with E-state index in [1.165, 1.54) is 4.90 Å². The van der Waals surface area contributed by atoms with Gasteiger partial charge in [-0.3, -0.25) is 24.1 Å². The Morgan fingerprint density at radius 1 is 1.00 bits per heavy atom. The minimum absolute atomic E-state index is 0.0174. The molecule has 2 aromatic carbocycles. The lowest BCUT2D eigenvalue weighted by Crippen LogP contribution is -2.52. The van der Waals surface area contributed by atoms with Gasteiger partial charge in [-0.1, -0.05) is 77.5 Å². The fraction of sp³-hybridized carbons (Fsp3) is 0.419. The number of hydrogen-bond acceptors (Lipinski definition) is 4. The van der Waals surface area contributed by atoms with Crippen molar-refractivity contribution in [2.45, 2.75) is 64.6 Å². The number of carbonyl (C=O) groups is 4. The van der Waals surface area contributed by atoms with Crippen molar-refractivity contribution in [2.24, 2.45) is 11.8 Å². The smallest absolute Gasteiger partial charge is 0.243 e. The highest BCUT2D eigenvalue weighted by Crippen LogP contribution is 2.35. The standard InChI is InChI=1S/C31H36BrN3O4/c1-3-21(2)33-29(37)27(19-22-10-5-4-6-11-22)35(20-23-12-9-13-24(32)18-23)28(36)16-17-34-30(38)25-14-7-8-15-26(25)31(34)39/h4-13,18,21,25-27H,3,14-17,19-20H2,1-2H3,(H,33,37)/t21?,25-,26+,27?. The van der Waals surface area contributed by atoms with Crippen LogP contribution in [0.3, 0.4) is 0 Å². The summed E-state index contributed by atoms with van der Waals surface area (Å²) in [6.45, 7) is 4.18. The van der Waals surface area contributed by atoms with E-state index >= 15 is 0 Å². The number of nitrogens with zero attached hydrogens (tertiary/aromatic N) is 2. The second-order valence-corrected chi connectivity index (χ2v) is 11.3. The lowest BCUT2D eigenvalue weighted by atomic mass is 9.85. The number of nitrogens with one attached hydrogen (secondary N) is 1. The van der Waals surface area contributed by atoms with E-state index in [1.54, 1.807) is 4.90 Å². The molecule has 0 saturated carbocycles. The number of halogens is 1. The molecule has 0 aromatic heterocycles. The molecule has 2 aliphatic rings. The number of rotatable bonds is 11. The molecular weight excluding hydrogens is 558 g/mol. The Bertz CT molecular complexity index is 1210. The third kappa shape index (κ3) is 7.04. The first-order chi connectivity index (χ1) is 18.8. The van der Waals surface area contributed by atoms with Gasteiger partial charge in [-0.05, 0) is 49.4 Å². The molecule has 1 aliphatic heterocycles. The number of allylic oxidation sites excluding steroid dienone is 2. The zero-order valence-electron chi connectivity index (χ0n) is 22.5. The van der Waals surface area contributed by atoms with E-state index in [0.29, 0.717) is 19.3 Å². The Balaban J connectivity index is 1.59. The van der Waals surface area contributed by atoms with E-state index in [-0.39, 0.29) is 61.0 Å². The summed E-state index contributed by atoms with van der Waals surface area (Å²) in [5.41, 5.74) is 1.81. The van der Waals surface area contributed by atoms with E-state index in [2.05, 4.69) is 21.2 Å². The van der Waals surface area contributed by atoms with Crippen LogP contribution in [0.5, 0.6) is 0 Å². The Morgan fingerprint density at radius 3 is 2.26 bits per heavy atom. The molecular formula is C31H36BrN3O4. The molecule has 206 valence electrons. The summed E-state index contributed by atoms with van der Waals surface area (Å²) in [4.78, 5) is 56.3.